The number of ether oxygens (including phenoxy) is 1. The van der Waals surface area contributed by atoms with Crippen LogP contribution in [0.15, 0.2) is 24.3 Å². The summed E-state index contributed by atoms with van der Waals surface area (Å²) in [6, 6.07) is 7.17. The Kier molecular flexibility index (Phi) is 3.81. The van der Waals surface area contributed by atoms with Crippen molar-refractivity contribution >= 4 is 5.91 Å². The molecule has 1 amide bonds. The summed E-state index contributed by atoms with van der Waals surface area (Å²) in [5.74, 6) is 1.30. The molecular weight excluding hydrogens is 270 g/mol. The molecule has 110 valence electrons. The first kappa shape index (κ1) is 13.5. The minimum Gasteiger partial charge on any atom is -0.485 e. The van der Waals surface area contributed by atoms with Crippen molar-refractivity contribution in [2.45, 2.75) is 19.4 Å². The summed E-state index contributed by atoms with van der Waals surface area (Å²) >= 11 is 0. The van der Waals surface area contributed by atoms with Crippen molar-refractivity contribution in [1.29, 1.82) is 0 Å². The molecule has 0 radical (unpaired) electrons. The third kappa shape index (κ3) is 3.18. The Morgan fingerprint density at radius 2 is 1.95 bits per heavy atom. The van der Waals surface area contributed by atoms with E-state index in [0.717, 1.165) is 25.9 Å². The molecule has 21 heavy (non-hydrogen) atoms. The lowest BCUT2D eigenvalue weighted by molar-refractivity contribution is 0.0793. The van der Waals surface area contributed by atoms with Crippen molar-refractivity contribution < 1.29 is 9.53 Å². The monoisotopic (exact) mass is 287 g/mol. The molecule has 0 saturated carbocycles. The maximum atomic E-state index is 12.2. The van der Waals surface area contributed by atoms with E-state index >= 15 is 0 Å². The number of benzene rings is 1. The fourth-order valence-corrected chi connectivity index (χ4v) is 2.33. The van der Waals surface area contributed by atoms with Gasteiger partial charge in [-0.3, -0.25) is 4.79 Å². The van der Waals surface area contributed by atoms with Crippen LogP contribution in [0.4, 0.5) is 0 Å². The highest BCUT2D eigenvalue weighted by molar-refractivity contribution is 5.94. The zero-order chi connectivity index (χ0) is 14.7. The summed E-state index contributed by atoms with van der Waals surface area (Å²) < 4.78 is 5.56. The first-order valence-corrected chi connectivity index (χ1v) is 6.97. The Balaban J connectivity index is 1.59. The summed E-state index contributed by atoms with van der Waals surface area (Å²) in [6.45, 7) is 1.97. The second kappa shape index (κ2) is 5.90. The molecule has 2 heterocycles. The van der Waals surface area contributed by atoms with Crippen LogP contribution in [0.25, 0.3) is 0 Å². The number of tetrazole rings is 1. The Hall–Kier alpha value is -2.44. The first-order valence-electron chi connectivity index (χ1n) is 6.97. The van der Waals surface area contributed by atoms with Crippen LogP contribution < -0.4 is 4.74 Å². The SMILES string of the molecule is Cn1nnc(COc2ccc(C(=O)N3CCCC3)cc2)n1. The van der Waals surface area contributed by atoms with Crippen LogP contribution in [0.3, 0.4) is 0 Å². The smallest absolute Gasteiger partial charge is 0.253 e. The Morgan fingerprint density at radius 1 is 1.24 bits per heavy atom. The molecule has 7 heteroatoms. The third-order valence-electron chi connectivity index (χ3n) is 3.41. The van der Waals surface area contributed by atoms with Gasteiger partial charge in [-0.15, -0.1) is 10.2 Å². The predicted molar refractivity (Wildman–Crippen MR) is 74.7 cm³/mol. The minimum atomic E-state index is 0.0923. The van der Waals surface area contributed by atoms with Gasteiger partial charge in [0.1, 0.15) is 5.75 Å². The molecule has 1 fully saturated rings. The van der Waals surface area contributed by atoms with Crippen molar-refractivity contribution in [1.82, 2.24) is 25.1 Å². The van der Waals surface area contributed by atoms with E-state index in [4.69, 9.17) is 4.74 Å². The topological polar surface area (TPSA) is 73.1 Å². The summed E-state index contributed by atoms with van der Waals surface area (Å²) in [4.78, 5) is 15.5. The van der Waals surface area contributed by atoms with Gasteiger partial charge in [0.25, 0.3) is 5.91 Å². The summed E-state index contributed by atoms with van der Waals surface area (Å²) in [7, 11) is 1.70. The van der Waals surface area contributed by atoms with E-state index in [1.807, 2.05) is 4.90 Å². The minimum absolute atomic E-state index is 0.0923. The molecule has 2 aromatic rings. The molecule has 3 rings (SSSR count). The Morgan fingerprint density at radius 3 is 2.57 bits per heavy atom. The second-order valence-corrected chi connectivity index (χ2v) is 5.01. The maximum absolute atomic E-state index is 12.2. The van der Waals surface area contributed by atoms with Crippen molar-refractivity contribution in [2.75, 3.05) is 13.1 Å². The van der Waals surface area contributed by atoms with Crippen LogP contribution in [0.1, 0.15) is 29.0 Å². The van der Waals surface area contributed by atoms with E-state index in [9.17, 15) is 4.79 Å². The molecule has 0 N–H and O–H groups in total. The van der Waals surface area contributed by atoms with Crippen LogP contribution in [0.5, 0.6) is 5.75 Å². The van der Waals surface area contributed by atoms with E-state index < -0.39 is 0 Å². The summed E-state index contributed by atoms with van der Waals surface area (Å²) in [5.41, 5.74) is 0.696. The van der Waals surface area contributed by atoms with E-state index in [1.54, 1.807) is 31.3 Å². The molecule has 1 aliphatic heterocycles. The number of carbonyl (C=O) groups excluding carboxylic acids is 1. The van der Waals surface area contributed by atoms with Gasteiger partial charge in [0, 0.05) is 18.7 Å². The van der Waals surface area contributed by atoms with E-state index in [2.05, 4.69) is 15.4 Å². The van der Waals surface area contributed by atoms with Crippen molar-refractivity contribution in [3.63, 3.8) is 0 Å². The highest BCUT2D eigenvalue weighted by Crippen LogP contribution is 2.17. The number of nitrogens with zero attached hydrogens (tertiary/aromatic N) is 5. The lowest BCUT2D eigenvalue weighted by atomic mass is 10.2. The van der Waals surface area contributed by atoms with Gasteiger partial charge in [0.2, 0.25) is 5.82 Å². The zero-order valence-corrected chi connectivity index (χ0v) is 11.9. The highest BCUT2D eigenvalue weighted by atomic mass is 16.5. The number of hydrogen-bond acceptors (Lipinski definition) is 5. The van der Waals surface area contributed by atoms with Crippen LogP contribution in [0, 0.1) is 0 Å². The van der Waals surface area contributed by atoms with Crippen molar-refractivity contribution in [3.05, 3.63) is 35.7 Å². The molecular formula is C14H17N5O2. The Labute approximate surface area is 122 Å². The quantitative estimate of drug-likeness (QED) is 0.839. The first-order chi connectivity index (χ1) is 10.2. The van der Waals surface area contributed by atoms with Gasteiger partial charge in [-0.2, -0.15) is 4.80 Å². The second-order valence-electron chi connectivity index (χ2n) is 5.01. The molecule has 0 unspecified atom stereocenters. The number of likely N-dealkylation sites (tertiary alicyclic amines) is 1. The van der Waals surface area contributed by atoms with Gasteiger partial charge in [-0.25, -0.2) is 0 Å². The molecule has 1 aliphatic rings. The van der Waals surface area contributed by atoms with Gasteiger partial charge in [-0.05, 0) is 42.3 Å². The largest absolute Gasteiger partial charge is 0.485 e. The molecule has 1 saturated heterocycles. The maximum Gasteiger partial charge on any atom is 0.253 e. The fraction of sp³-hybridized carbons (Fsp3) is 0.429. The number of rotatable bonds is 4. The average Bonchev–Trinajstić information content (AvgIpc) is 3.16. The van der Waals surface area contributed by atoms with E-state index in [-0.39, 0.29) is 12.5 Å². The van der Waals surface area contributed by atoms with Gasteiger partial charge in [-0.1, -0.05) is 0 Å². The van der Waals surface area contributed by atoms with Crippen LogP contribution in [-0.2, 0) is 13.7 Å². The fourth-order valence-electron chi connectivity index (χ4n) is 2.33. The number of amides is 1. The van der Waals surface area contributed by atoms with E-state index in [1.165, 1.54) is 4.80 Å². The average molecular weight is 287 g/mol. The van der Waals surface area contributed by atoms with Crippen LogP contribution in [0.2, 0.25) is 0 Å². The van der Waals surface area contributed by atoms with Gasteiger partial charge < -0.3 is 9.64 Å². The van der Waals surface area contributed by atoms with Gasteiger partial charge in [0.05, 0.1) is 7.05 Å². The highest BCUT2D eigenvalue weighted by Gasteiger charge is 2.19. The number of hydrogen-bond donors (Lipinski definition) is 0. The molecule has 7 nitrogen and oxygen atoms in total. The lowest BCUT2D eigenvalue weighted by Gasteiger charge is -2.15. The summed E-state index contributed by atoms with van der Waals surface area (Å²) in [5, 5.41) is 11.6. The van der Waals surface area contributed by atoms with Crippen molar-refractivity contribution in [3.8, 4) is 5.75 Å². The molecule has 1 aromatic heterocycles. The zero-order valence-electron chi connectivity index (χ0n) is 11.9. The normalized spacial score (nSPS) is 14.4. The van der Waals surface area contributed by atoms with Crippen LogP contribution in [-0.4, -0.2) is 44.1 Å². The molecule has 0 bridgehead atoms. The number of carbonyl (C=O) groups is 1. The summed E-state index contributed by atoms with van der Waals surface area (Å²) in [6.07, 6.45) is 2.19. The number of aromatic nitrogens is 4. The standard InChI is InChI=1S/C14H17N5O2/c1-18-16-13(15-17-18)10-21-12-6-4-11(5-7-12)14(20)19-8-2-3-9-19/h4-7H,2-3,8-10H2,1H3. The van der Waals surface area contributed by atoms with Gasteiger partial charge in [0.15, 0.2) is 6.61 Å². The molecule has 0 aliphatic carbocycles. The van der Waals surface area contributed by atoms with Gasteiger partial charge >= 0.3 is 0 Å². The Bertz CT molecular complexity index is 617. The van der Waals surface area contributed by atoms with Crippen molar-refractivity contribution in [2.24, 2.45) is 7.05 Å². The lowest BCUT2D eigenvalue weighted by Crippen LogP contribution is -2.27. The molecule has 0 atom stereocenters. The van der Waals surface area contributed by atoms with Crippen LogP contribution >= 0.6 is 0 Å². The predicted octanol–water partition coefficient (Wildman–Crippen LogP) is 1.03. The number of aryl methyl sites for hydroxylation is 1. The third-order valence-corrected chi connectivity index (χ3v) is 3.41. The van der Waals surface area contributed by atoms with E-state index in [0.29, 0.717) is 17.1 Å². The molecule has 1 aromatic carbocycles. The molecule has 0 spiro atoms.